The van der Waals surface area contributed by atoms with Gasteiger partial charge < -0.3 is 10.2 Å². The second kappa shape index (κ2) is 10.1. The zero-order valence-corrected chi connectivity index (χ0v) is 25.7. The number of hydrogen-bond acceptors (Lipinski definition) is 6. The molecule has 2 unspecified atom stereocenters. The molecule has 0 aliphatic heterocycles. The summed E-state index contributed by atoms with van der Waals surface area (Å²) in [6.45, 7) is 12.7. The molecular weight excluding hydrogens is 528 g/mol. The van der Waals surface area contributed by atoms with Crippen molar-refractivity contribution in [3.63, 3.8) is 0 Å². The van der Waals surface area contributed by atoms with Gasteiger partial charge in [0.1, 0.15) is 17.5 Å². The van der Waals surface area contributed by atoms with Crippen LogP contribution >= 0.6 is 0 Å². The fraction of sp³-hybridized carbons (Fsp3) is 0.500. The summed E-state index contributed by atoms with van der Waals surface area (Å²) in [7, 11) is 0. The van der Waals surface area contributed by atoms with Crippen LogP contribution in [0, 0.1) is 34.5 Å². The summed E-state index contributed by atoms with van der Waals surface area (Å²) < 4.78 is 0. The number of carbonyl (C=O) groups excluding carboxylic acids is 4. The Morgan fingerprint density at radius 1 is 0.976 bits per heavy atom. The zero-order valence-electron chi connectivity index (χ0n) is 25.7. The number of Topliss-reactive ketones (excluding diaryl/α,β-unsaturated/α-hetero) is 4. The van der Waals surface area contributed by atoms with Crippen molar-refractivity contribution in [3.8, 4) is 5.75 Å². The molecule has 0 heterocycles. The molecule has 2 aromatic carbocycles. The van der Waals surface area contributed by atoms with E-state index in [1.807, 2.05) is 52.0 Å². The van der Waals surface area contributed by atoms with Crippen LogP contribution in [-0.4, -0.2) is 38.9 Å². The van der Waals surface area contributed by atoms with Crippen molar-refractivity contribution >= 4 is 23.1 Å². The van der Waals surface area contributed by atoms with E-state index in [1.54, 1.807) is 19.9 Å². The van der Waals surface area contributed by atoms with Crippen LogP contribution in [-0.2, 0) is 20.8 Å². The quantitative estimate of drug-likeness (QED) is 0.324. The molecule has 6 heteroatoms. The SMILES string of the molecule is CC(=O)C1C(=O)[C@@]2(O)C(=O)C3C(=O)c4c(O)cccc4[C@@H](CCCc4ccccc4)[C@@]3(C)[C@H](C)[C@@]2(C)C(C(C)C)=C1C. The number of aromatic hydroxyl groups is 1. The number of rotatable bonds is 6. The minimum atomic E-state index is -2.56. The molecule has 7 atom stereocenters. The third-order valence-electron chi connectivity index (χ3n) is 11.3. The second-order valence-electron chi connectivity index (χ2n) is 13.5. The van der Waals surface area contributed by atoms with Crippen LogP contribution in [0.5, 0.6) is 5.75 Å². The van der Waals surface area contributed by atoms with E-state index in [4.69, 9.17) is 0 Å². The molecule has 6 nitrogen and oxygen atoms in total. The van der Waals surface area contributed by atoms with E-state index in [-0.39, 0.29) is 23.1 Å². The monoisotopic (exact) mass is 570 g/mol. The van der Waals surface area contributed by atoms with E-state index < -0.39 is 57.3 Å². The summed E-state index contributed by atoms with van der Waals surface area (Å²) >= 11 is 0. The van der Waals surface area contributed by atoms with E-state index in [1.165, 1.54) is 18.6 Å². The van der Waals surface area contributed by atoms with Gasteiger partial charge in [-0.15, -0.1) is 0 Å². The van der Waals surface area contributed by atoms with Crippen LogP contribution in [0.1, 0.15) is 88.7 Å². The summed E-state index contributed by atoms with van der Waals surface area (Å²) in [5.41, 5.74) is -1.56. The number of aliphatic hydroxyl groups is 1. The van der Waals surface area contributed by atoms with E-state index >= 15 is 0 Å². The van der Waals surface area contributed by atoms with Crippen LogP contribution in [0.25, 0.3) is 0 Å². The van der Waals surface area contributed by atoms with E-state index in [9.17, 15) is 29.4 Å². The first kappa shape index (κ1) is 30.1. The minimum absolute atomic E-state index is 0.0969. The lowest BCUT2D eigenvalue weighted by molar-refractivity contribution is -0.197. The van der Waals surface area contributed by atoms with Crippen LogP contribution in [0.3, 0.4) is 0 Å². The Kier molecular flexibility index (Phi) is 7.25. The molecule has 1 fully saturated rings. The Morgan fingerprint density at radius 2 is 1.62 bits per heavy atom. The van der Waals surface area contributed by atoms with Crippen LogP contribution < -0.4 is 0 Å². The molecule has 0 aromatic heterocycles. The summed E-state index contributed by atoms with van der Waals surface area (Å²) in [5.74, 6) is -6.47. The number of benzene rings is 2. The lowest BCUT2D eigenvalue weighted by Gasteiger charge is -2.66. The molecule has 0 amide bonds. The number of fused-ring (bicyclic) bond motifs is 3. The molecule has 0 saturated heterocycles. The van der Waals surface area contributed by atoms with Gasteiger partial charge in [0.2, 0.25) is 0 Å². The van der Waals surface area contributed by atoms with Gasteiger partial charge in [-0.1, -0.05) is 88.2 Å². The normalized spacial score (nSPS) is 34.3. The maximum Gasteiger partial charge on any atom is 0.192 e. The summed E-state index contributed by atoms with van der Waals surface area (Å²) in [4.78, 5) is 56.1. The standard InChI is InChI=1S/C36H42O6/c1-19(2)29-20(3)27(21(4)37)32(40)36(42)33(41)30-31(39)28-24(16-12-18-26(28)38)25(34(30,6)22(5)35(29,36)7)17-11-15-23-13-9-8-10-14-23/h8-10,12-14,16,18-19,22,25,27,30,38,42H,11,15,17H2,1-7H3/t22-,25+,27?,30?,34+,35-,36+/m0/s1. The van der Waals surface area contributed by atoms with Crippen LogP contribution in [0.4, 0.5) is 0 Å². The van der Waals surface area contributed by atoms with Crippen molar-refractivity contribution < 1.29 is 29.4 Å². The summed E-state index contributed by atoms with van der Waals surface area (Å²) in [5, 5.41) is 23.4. The highest BCUT2D eigenvalue weighted by Gasteiger charge is 2.77. The average molecular weight is 571 g/mol. The minimum Gasteiger partial charge on any atom is -0.507 e. The second-order valence-corrected chi connectivity index (χ2v) is 13.5. The number of carbonyl (C=O) groups is 4. The van der Waals surface area contributed by atoms with Gasteiger partial charge in [-0.3, -0.25) is 19.2 Å². The third kappa shape index (κ3) is 3.73. The van der Waals surface area contributed by atoms with E-state index in [0.29, 0.717) is 17.6 Å². The fourth-order valence-corrected chi connectivity index (χ4v) is 9.38. The Hall–Kier alpha value is -3.38. The Bertz CT molecular complexity index is 1520. The van der Waals surface area contributed by atoms with Gasteiger partial charge >= 0.3 is 0 Å². The molecule has 0 radical (unpaired) electrons. The van der Waals surface area contributed by atoms with Crippen molar-refractivity contribution in [2.24, 2.45) is 34.5 Å². The highest BCUT2D eigenvalue weighted by atomic mass is 16.3. The predicted octanol–water partition coefficient (Wildman–Crippen LogP) is 6.03. The molecular formula is C36H42O6. The van der Waals surface area contributed by atoms with Gasteiger partial charge in [0, 0.05) is 5.41 Å². The molecule has 42 heavy (non-hydrogen) atoms. The molecule has 0 bridgehead atoms. The van der Waals surface area contributed by atoms with Crippen molar-refractivity contribution in [1.29, 1.82) is 0 Å². The molecule has 0 spiro atoms. The molecule has 2 N–H and O–H groups in total. The largest absolute Gasteiger partial charge is 0.507 e. The number of phenolic OH excluding ortho intramolecular Hbond substituents is 1. The lowest BCUT2D eigenvalue weighted by Crippen LogP contribution is -2.76. The average Bonchev–Trinajstić information content (AvgIpc) is 2.92. The van der Waals surface area contributed by atoms with Gasteiger partial charge in [0.05, 0.1) is 11.5 Å². The zero-order chi connectivity index (χ0) is 30.9. The van der Waals surface area contributed by atoms with Crippen molar-refractivity contribution in [2.75, 3.05) is 0 Å². The van der Waals surface area contributed by atoms with E-state index in [0.717, 1.165) is 18.4 Å². The van der Waals surface area contributed by atoms with E-state index in [2.05, 4.69) is 12.1 Å². The van der Waals surface area contributed by atoms with Gasteiger partial charge in [-0.2, -0.15) is 0 Å². The van der Waals surface area contributed by atoms with Gasteiger partial charge in [-0.25, -0.2) is 0 Å². The smallest absolute Gasteiger partial charge is 0.192 e. The molecule has 2 aromatic rings. The number of hydrogen-bond donors (Lipinski definition) is 2. The topological polar surface area (TPSA) is 109 Å². The van der Waals surface area contributed by atoms with Crippen LogP contribution in [0.15, 0.2) is 59.7 Å². The van der Waals surface area contributed by atoms with Gasteiger partial charge in [-0.05, 0) is 73.5 Å². The lowest BCUT2D eigenvalue weighted by atomic mass is 9.36. The summed E-state index contributed by atoms with van der Waals surface area (Å²) in [6.07, 6.45) is 2.22. The van der Waals surface area contributed by atoms with Gasteiger partial charge in [0.15, 0.2) is 23.0 Å². The van der Waals surface area contributed by atoms with Crippen LogP contribution in [0.2, 0.25) is 0 Å². The van der Waals surface area contributed by atoms with Crippen molar-refractivity contribution in [1.82, 2.24) is 0 Å². The maximum atomic E-state index is 14.8. The third-order valence-corrected chi connectivity index (χ3v) is 11.3. The first-order valence-corrected chi connectivity index (χ1v) is 15.1. The summed E-state index contributed by atoms with van der Waals surface area (Å²) in [6, 6.07) is 15.2. The molecule has 3 aliphatic rings. The fourth-order valence-electron chi connectivity index (χ4n) is 9.38. The first-order valence-electron chi connectivity index (χ1n) is 15.1. The maximum absolute atomic E-state index is 14.8. The van der Waals surface area contributed by atoms with Gasteiger partial charge in [0.25, 0.3) is 0 Å². The Labute approximate surface area is 248 Å². The number of aryl methyl sites for hydroxylation is 1. The highest BCUT2D eigenvalue weighted by Crippen LogP contribution is 2.70. The number of phenols is 1. The Morgan fingerprint density at radius 3 is 2.21 bits per heavy atom. The number of allylic oxidation sites excluding steroid dienone is 1. The highest BCUT2D eigenvalue weighted by molar-refractivity contribution is 6.27. The predicted molar refractivity (Wildman–Crippen MR) is 160 cm³/mol. The first-order chi connectivity index (χ1) is 19.7. The Balaban J connectivity index is 1.75. The molecule has 5 rings (SSSR count). The molecule has 222 valence electrons. The molecule has 3 aliphatic carbocycles. The van der Waals surface area contributed by atoms with Crippen molar-refractivity contribution in [3.05, 3.63) is 76.4 Å². The van der Waals surface area contributed by atoms with Crippen molar-refractivity contribution in [2.45, 2.75) is 79.2 Å². The molecule has 1 saturated carbocycles. The number of ketones is 4.